The van der Waals surface area contributed by atoms with Crippen LogP contribution < -0.4 is 24.3 Å². The molecule has 3 atom stereocenters. The Hall–Kier alpha value is -4.24. The van der Waals surface area contributed by atoms with Crippen LogP contribution in [0.15, 0.2) is 54.6 Å². The summed E-state index contributed by atoms with van der Waals surface area (Å²) in [6.45, 7) is 7.22. The van der Waals surface area contributed by atoms with Gasteiger partial charge in [0.05, 0.1) is 26.2 Å². The summed E-state index contributed by atoms with van der Waals surface area (Å²) in [6.07, 6.45) is 2.46. The summed E-state index contributed by atoms with van der Waals surface area (Å²) in [5.41, 5.74) is 4.55. The average Bonchev–Trinajstić information content (AvgIpc) is 3.65. The molecule has 0 unspecified atom stereocenters. The maximum atomic E-state index is 13.7. The van der Waals surface area contributed by atoms with Crippen LogP contribution >= 0.6 is 0 Å². The van der Waals surface area contributed by atoms with Gasteiger partial charge in [-0.1, -0.05) is 51.1 Å². The summed E-state index contributed by atoms with van der Waals surface area (Å²) in [5.74, 6) is -0.164. The van der Waals surface area contributed by atoms with Gasteiger partial charge in [-0.3, -0.25) is 14.5 Å². The van der Waals surface area contributed by atoms with E-state index in [1.807, 2.05) is 66.4 Å². The van der Waals surface area contributed by atoms with Gasteiger partial charge in [0, 0.05) is 24.2 Å². The van der Waals surface area contributed by atoms with Crippen molar-refractivity contribution < 1.29 is 33.6 Å². The zero-order chi connectivity index (χ0) is 30.5. The lowest BCUT2D eigenvalue weighted by atomic mass is 9.82. The molecular formula is C34H40N2O7. The van der Waals surface area contributed by atoms with Crippen LogP contribution in [-0.2, 0) is 22.4 Å². The molecule has 0 aromatic heterocycles. The molecule has 228 valence electrons. The topological polar surface area (TPSA) is 107 Å². The van der Waals surface area contributed by atoms with Gasteiger partial charge < -0.3 is 29.4 Å². The second-order valence-electron chi connectivity index (χ2n) is 10.9. The third-order valence-electron chi connectivity index (χ3n) is 8.30. The number of carboxylic acid groups (broad SMARTS) is 1. The number of fused-ring (bicyclic) bond motifs is 1. The summed E-state index contributed by atoms with van der Waals surface area (Å²) >= 11 is 0. The van der Waals surface area contributed by atoms with Crippen molar-refractivity contribution in [3.05, 3.63) is 76.9 Å². The molecule has 0 spiro atoms. The minimum Gasteiger partial charge on any atom is -0.494 e. The minimum atomic E-state index is -0.939. The van der Waals surface area contributed by atoms with Crippen molar-refractivity contribution in [3.8, 4) is 23.0 Å². The van der Waals surface area contributed by atoms with E-state index in [9.17, 15) is 14.7 Å². The second-order valence-corrected chi connectivity index (χ2v) is 10.9. The maximum Gasteiger partial charge on any atom is 0.309 e. The zero-order valence-corrected chi connectivity index (χ0v) is 25.2. The van der Waals surface area contributed by atoms with Gasteiger partial charge in [-0.2, -0.15) is 0 Å². The highest BCUT2D eigenvalue weighted by Crippen LogP contribution is 2.50. The van der Waals surface area contributed by atoms with Gasteiger partial charge in [0.1, 0.15) is 5.75 Å². The molecule has 3 aromatic carbocycles. The van der Waals surface area contributed by atoms with Crippen molar-refractivity contribution >= 4 is 17.6 Å². The van der Waals surface area contributed by atoms with E-state index in [1.54, 1.807) is 7.11 Å². The van der Waals surface area contributed by atoms with Gasteiger partial charge in [-0.05, 0) is 65.8 Å². The average molecular weight is 589 g/mol. The molecule has 5 rings (SSSR count). The molecule has 1 amide bonds. The number of benzene rings is 3. The van der Waals surface area contributed by atoms with Crippen molar-refractivity contribution in [2.45, 2.75) is 52.0 Å². The lowest BCUT2D eigenvalue weighted by molar-refractivity contribution is -0.143. The highest BCUT2D eigenvalue weighted by atomic mass is 16.7. The van der Waals surface area contributed by atoms with E-state index in [0.717, 1.165) is 53.0 Å². The molecule has 2 heterocycles. The summed E-state index contributed by atoms with van der Waals surface area (Å²) in [7, 11) is 1.55. The SMILES string of the molecule is CCCOc1ccc([C@@H]2[C@@H](C(=O)O)[C@@H](c3cc(OC)c4c(c3)OCO4)CN2CC(=O)Nc2c(CC)cccc2CC)cc1. The number of anilines is 1. The van der Waals surface area contributed by atoms with E-state index in [2.05, 4.69) is 19.2 Å². The Morgan fingerprint density at radius 1 is 1.00 bits per heavy atom. The molecule has 2 aliphatic heterocycles. The number of nitrogens with one attached hydrogen (secondary N) is 1. The van der Waals surface area contributed by atoms with E-state index in [-0.39, 0.29) is 19.2 Å². The number of carbonyl (C=O) groups excluding carboxylic acids is 1. The molecule has 0 radical (unpaired) electrons. The number of carboxylic acids is 1. The molecule has 2 N–H and O–H groups in total. The number of ether oxygens (including phenoxy) is 4. The van der Waals surface area contributed by atoms with Crippen molar-refractivity contribution in [2.75, 3.05) is 38.9 Å². The van der Waals surface area contributed by atoms with Crippen molar-refractivity contribution in [1.29, 1.82) is 0 Å². The number of aryl methyl sites for hydroxylation is 2. The first-order valence-electron chi connectivity index (χ1n) is 15.0. The van der Waals surface area contributed by atoms with Crippen LogP contribution in [0.4, 0.5) is 5.69 Å². The number of methoxy groups -OCH3 is 1. The Labute approximate surface area is 252 Å². The number of hydrogen-bond donors (Lipinski definition) is 2. The molecule has 0 bridgehead atoms. The number of para-hydroxylation sites is 1. The highest BCUT2D eigenvalue weighted by molar-refractivity contribution is 5.94. The number of hydrogen-bond acceptors (Lipinski definition) is 7. The van der Waals surface area contributed by atoms with Crippen LogP contribution in [0.2, 0.25) is 0 Å². The van der Waals surface area contributed by atoms with Crippen LogP contribution in [0.1, 0.15) is 61.4 Å². The Balaban J connectivity index is 1.51. The molecular weight excluding hydrogens is 548 g/mol. The monoisotopic (exact) mass is 588 g/mol. The lowest BCUT2D eigenvalue weighted by Crippen LogP contribution is -2.35. The third-order valence-corrected chi connectivity index (χ3v) is 8.30. The molecule has 43 heavy (non-hydrogen) atoms. The molecule has 0 saturated carbocycles. The van der Waals surface area contributed by atoms with E-state index in [1.165, 1.54) is 0 Å². The normalized spacial score (nSPS) is 19.3. The van der Waals surface area contributed by atoms with Gasteiger partial charge in [0.2, 0.25) is 18.4 Å². The van der Waals surface area contributed by atoms with Crippen LogP contribution in [0.5, 0.6) is 23.0 Å². The fourth-order valence-corrected chi connectivity index (χ4v) is 6.24. The fourth-order valence-electron chi connectivity index (χ4n) is 6.24. The van der Waals surface area contributed by atoms with Crippen molar-refractivity contribution in [2.24, 2.45) is 5.92 Å². The van der Waals surface area contributed by atoms with Gasteiger partial charge in [0.15, 0.2) is 11.5 Å². The quantitative estimate of drug-likeness (QED) is 0.273. The molecule has 9 nitrogen and oxygen atoms in total. The molecule has 1 fully saturated rings. The number of rotatable bonds is 12. The number of amides is 1. The molecule has 9 heteroatoms. The summed E-state index contributed by atoms with van der Waals surface area (Å²) < 4.78 is 22.6. The van der Waals surface area contributed by atoms with Gasteiger partial charge in [-0.15, -0.1) is 0 Å². The Morgan fingerprint density at radius 2 is 1.72 bits per heavy atom. The smallest absolute Gasteiger partial charge is 0.309 e. The first kappa shape index (κ1) is 30.2. The lowest BCUT2D eigenvalue weighted by Gasteiger charge is -2.27. The number of aliphatic carboxylic acids is 1. The number of likely N-dealkylation sites (tertiary alicyclic amines) is 1. The summed E-state index contributed by atoms with van der Waals surface area (Å²) in [6, 6.07) is 16.7. The molecule has 1 saturated heterocycles. The van der Waals surface area contributed by atoms with E-state index in [0.29, 0.717) is 30.4 Å². The molecule has 2 aliphatic rings. The van der Waals surface area contributed by atoms with Crippen molar-refractivity contribution in [3.63, 3.8) is 0 Å². The van der Waals surface area contributed by atoms with E-state index in [4.69, 9.17) is 18.9 Å². The Morgan fingerprint density at radius 3 is 2.35 bits per heavy atom. The van der Waals surface area contributed by atoms with Gasteiger partial charge >= 0.3 is 5.97 Å². The Kier molecular flexibility index (Phi) is 9.40. The Bertz CT molecular complexity index is 1430. The summed E-state index contributed by atoms with van der Waals surface area (Å²) in [4.78, 5) is 28.6. The third kappa shape index (κ3) is 6.27. The zero-order valence-electron chi connectivity index (χ0n) is 25.2. The van der Waals surface area contributed by atoms with Crippen molar-refractivity contribution in [1.82, 2.24) is 4.90 Å². The van der Waals surface area contributed by atoms with Gasteiger partial charge in [0.25, 0.3) is 0 Å². The van der Waals surface area contributed by atoms with E-state index >= 15 is 0 Å². The number of carbonyl (C=O) groups is 2. The predicted octanol–water partition coefficient (Wildman–Crippen LogP) is 5.82. The van der Waals surface area contributed by atoms with Crippen LogP contribution in [0, 0.1) is 5.92 Å². The van der Waals surface area contributed by atoms with Gasteiger partial charge in [-0.25, -0.2) is 0 Å². The van der Waals surface area contributed by atoms with Crippen LogP contribution in [-0.4, -0.2) is 55.5 Å². The minimum absolute atomic E-state index is 0.0297. The second kappa shape index (κ2) is 13.4. The standard InChI is InChI=1S/C34H40N2O7/c1-5-15-41-25-13-11-23(12-14-25)32-30(34(38)39)26(24-16-27(40-4)33-28(17-24)42-20-43-33)18-36(32)19-29(37)35-31-21(6-2)9-8-10-22(31)7-3/h8-14,16-17,26,30,32H,5-7,15,18-20H2,1-4H3,(H,35,37)(H,38,39)/t26-,30+,32-/m1/s1. The highest BCUT2D eigenvalue weighted by Gasteiger charge is 2.48. The largest absolute Gasteiger partial charge is 0.494 e. The fraction of sp³-hybridized carbons (Fsp3) is 0.412. The first-order chi connectivity index (χ1) is 20.9. The molecule has 0 aliphatic carbocycles. The van der Waals surface area contributed by atoms with Crippen LogP contribution in [0.3, 0.4) is 0 Å². The summed E-state index contributed by atoms with van der Waals surface area (Å²) in [5, 5.41) is 13.8. The predicted molar refractivity (Wildman–Crippen MR) is 163 cm³/mol. The van der Waals surface area contributed by atoms with Crippen LogP contribution in [0.25, 0.3) is 0 Å². The maximum absolute atomic E-state index is 13.7. The number of nitrogens with zero attached hydrogens (tertiary/aromatic N) is 1. The first-order valence-corrected chi connectivity index (χ1v) is 15.0. The molecule has 3 aromatic rings. The van der Waals surface area contributed by atoms with E-state index < -0.39 is 23.8 Å².